The first-order valence-corrected chi connectivity index (χ1v) is 19.5. The molecule has 0 aliphatic heterocycles. The fourth-order valence-electron chi connectivity index (χ4n) is 8.65. The molecule has 0 saturated carbocycles. The van der Waals surface area contributed by atoms with Crippen LogP contribution in [0.2, 0.25) is 0 Å². The molecule has 52 heavy (non-hydrogen) atoms. The van der Waals surface area contributed by atoms with E-state index in [1.54, 1.807) is 0 Å². The minimum absolute atomic E-state index is 0.271. The molecule has 240 valence electrons. The van der Waals surface area contributed by atoms with Gasteiger partial charge in [0, 0.05) is 0 Å². The Morgan fingerprint density at radius 1 is 0.308 bits per heavy atom. The Balaban J connectivity index is 1.03. The molecular formula is C50H28OSe. The van der Waals surface area contributed by atoms with E-state index in [2.05, 4.69) is 170 Å². The predicted molar refractivity (Wildman–Crippen MR) is 224 cm³/mol. The van der Waals surface area contributed by atoms with Crippen molar-refractivity contribution in [1.29, 1.82) is 0 Å². The maximum atomic E-state index is 6.40. The summed E-state index contributed by atoms with van der Waals surface area (Å²) in [5, 5.41) is 18.2. The van der Waals surface area contributed by atoms with E-state index in [0.29, 0.717) is 0 Å². The maximum Gasteiger partial charge on any atom is -0.0177 e. The van der Waals surface area contributed by atoms with E-state index in [9.17, 15) is 0 Å². The SMILES string of the molecule is c1ccc2cc3cc(-c4ccc5oc6ccc(-c7ccc8c(c7)c7ccccc7c7ccc9c%10ccccc%10[se]c9c78)cc6c5c4)ccc3cc2c1. The molecule has 0 spiro atoms. The number of furan rings is 1. The molecule has 1 nitrogen and oxygen atoms in total. The Morgan fingerprint density at radius 2 is 0.808 bits per heavy atom. The van der Waals surface area contributed by atoms with E-state index >= 15 is 0 Å². The summed E-state index contributed by atoms with van der Waals surface area (Å²) in [7, 11) is 0. The van der Waals surface area contributed by atoms with Crippen molar-refractivity contribution in [2.45, 2.75) is 0 Å². The van der Waals surface area contributed by atoms with Crippen LogP contribution >= 0.6 is 0 Å². The standard InChI is InChI=1S/C50H28OSe/c1-2-8-30-24-36-25-31(13-14-32(36)23-29(30)7-1)34-16-21-46-44(27-34)45-28-35(17-22-47(45)51-46)33-15-18-41-43(26-33)38-10-4-3-9-37(38)40-19-20-42-39-11-5-6-12-48(39)52-50(42)49(40)41/h1-28H. The number of benzene rings is 10. The van der Waals surface area contributed by atoms with Crippen LogP contribution in [0.5, 0.6) is 0 Å². The van der Waals surface area contributed by atoms with Crippen LogP contribution in [0.1, 0.15) is 0 Å². The van der Waals surface area contributed by atoms with Crippen LogP contribution in [0.15, 0.2) is 174 Å². The molecule has 0 atom stereocenters. The molecular weight excluding hydrogens is 696 g/mol. The van der Waals surface area contributed by atoms with Crippen molar-refractivity contribution in [2.75, 3.05) is 0 Å². The maximum absolute atomic E-state index is 6.40. The normalized spacial score (nSPS) is 12.2. The van der Waals surface area contributed by atoms with E-state index in [0.717, 1.165) is 21.9 Å². The van der Waals surface area contributed by atoms with Crippen molar-refractivity contribution in [2.24, 2.45) is 0 Å². The molecule has 0 aliphatic carbocycles. The molecule has 0 amide bonds. The summed E-state index contributed by atoms with van der Waals surface area (Å²) in [6.45, 7) is 0. The van der Waals surface area contributed by atoms with Crippen LogP contribution in [0.4, 0.5) is 0 Å². The van der Waals surface area contributed by atoms with Gasteiger partial charge in [-0.2, -0.15) is 0 Å². The quantitative estimate of drug-likeness (QED) is 0.0983. The summed E-state index contributed by atoms with van der Waals surface area (Å²) in [4.78, 5) is 0. The molecule has 0 bridgehead atoms. The second-order valence-electron chi connectivity index (χ2n) is 14.1. The molecule has 0 radical (unpaired) electrons. The molecule has 0 unspecified atom stereocenters. The van der Waals surface area contributed by atoms with Gasteiger partial charge in [-0.05, 0) is 45.3 Å². The van der Waals surface area contributed by atoms with Gasteiger partial charge in [0.25, 0.3) is 0 Å². The molecule has 10 aromatic carbocycles. The zero-order chi connectivity index (χ0) is 33.9. The summed E-state index contributed by atoms with van der Waals surface area (Å²) in [5.74, 6) is 0. The van der Waals surface area contributed by atoms with Gasteiger partial charge < -0.3 is 0 Å². The van der Waals surface area contributed by atoms with E-state index in [-0.39, 0.29) is 14.5 Å². The Kier molecular flexibility index (Phi) is 5.85. The molecule has 0 aliphatic rings. The number of hydrogen-bond acceptors (Lipinski definition) is 1. The minimum Gasteiger partial charge on any atom is -0.0544 e. The first-order chi connectivity index (χ1) is 25.7. The third-order valence-electron chi connectivity index (χ3n) is 11.2. The van der Waals surface area contributed by atoms with Gasteiger partial charge in [0.15, 0.2) is 0 Å². The third-order valence-corrected chi connectivity index (χ3v) is 13.7. The average molecular weight is 724 g/mol. The van der Waals surface area contributed by atoms with Gasteiger partial charge in [-0.1, -0.05) is 42.5 Å². The molecule has 2 heterocycles. The molecule has 12 aromatic rings. The summed E-state index contributed by atoms with van der Waals surface area (Å²) >= 11 is 0.271. The smallest absolute Gasteiger partial charge is 0.0177 e. The zero-order valence-electron chi connectivity index (χ0n) is 28.0. The predicted octanol–water partition coefficient (Wildman–Crippen LogP) is 14.0. The van der Waals surface area contributed by atoms with Crippen molar-refractivity contribution in [3.63, 3.8) is 0 Å². The fraction of sp³-hybridized carbons (Fsp3) is 0. The largest absolute Gasteiger partial charge is 0.0544 e. The Bertz CT molecular complexity index is 3470. The second kappa shape index (κ2) is 10.7. The van der Waals surface area contributed by atoms with Crippen molar-refractivity contribution in [3.05, 3.63) is 170 Å². The topological polar surface area (TPSA) is 13.1 Å². The van der Waals surface area contributed by atoms with Gasteiger partial charge in [0.2, 0.25) is 0 Å². The molecule has 2 aromatic heterocycles. The summed E-state index contributed by atoms with van der Waals surface area (Å²) in [5.41, 5.74) is 6.63. The van der Waals surface area contributed by atoms with Crippen molar-refractivity contribution in [1.82, 2.24) is 0 Å². The monoisotopic (exact) mass is 724 g/mol. The van der Waals surface area contributed by atoms with Crippen LogP contribution < -0.4 is 0 Å². The van der Waals surface area contributed by atoms with Crippen LogP contribution in [-0.2, 0) is 0 Å². The van der Waals surface area contributed by atoms with Gasteiger partial charge >= 0.3 is 218 Å². The molecule has 0 N–H and O–H groups in total. The van der Waals surface area contributed by atoms with Gasteiger partial charge in [0.05, 0.1) is 0 Å². The van der Waals surface area contributed by atoms with Crippen LogP contribution in [0, 0.1) is 0 Å². The van der Waals surface area contributed by atoms with Crippen molar-refractivity contribution >= 4 is 110 Å². The van der Waals surface area contributed by atoms with Gasteiger partial charge in [-0.15, -0.1) is 0 Å². The van der Waals surface area contributed by atoms with Gasteiger partial charge in [-0.3, -0.25) is 0 Å². The van der Waals surface area contributed by atoms with E-state index in [1.165, 1.54) is 95.4 Å². The van der Waals surface area contributed by atoms with Crippen LogP contribution in [0.3, 0.4) is 0 Å². The van der Waals surface area contributed by atoms with Crippen molar-refractivity contribution in [3.8, 4) is 22.3 Å². The van der Waals surface area contributed by atoms with E-state index in [1.807, 2.05) is 0 Å². The second-order valence-corrected chi connectivity index (χ2v) is 16.3. The number of hydrogen-bond donors (Lipinski definition) is 0. The van der Waals surface area contributed by atoms with Crippen LogP contribution in [-0.4, -0.2) is 14.5 Å². The van der Waals surface area contributed by atoms with Crippen LogP contribution in [0.25, 0.3) is 117 Å². The number of fused-ring (bicyclic) bond motifs is 15. The molecule has 0 saturated heterocycles. The minimum atomic E-state index is 0.271. The average Bonchev–Trinajstić information content (AvgIpc) is 3.77. The molecule has 12 rings (SSSR count). The first-order valence-electron chi connectivity index (χ1n) is 17.8. The summed E-state index contributed by atoms with van der Waals surface area (Å²) in [6, 6.07) is 63.0. The number of rotatable bonds is 2. The molecule has 0 fully saturated rings. The summed E-state index contributed by atoms with van der Waals surface area (Å²) < 4.78 is 9.39. The van der Waals surface area contributed by atoms with E-state index < -0.39 is 0 Å². The summed E-state index contributed by atoms with van der Waals surface area (Å²) in [6.07, 6.45) is 0. The van der Waals surface area contributed by atoms with E-state index in [4.69, 9.17) is 4.42 Å². The zero-order valence-corrected chi connectivity index (χ0v) is 29.7. The van der Waals surface area contributed by atoms with Crippen molar-refractivity contribution < 1.29 is 4.42 Å². The first kappa shape index (κ1) is 28.5. The fourth-order valence-corrected chi connectivity index (χ4v) is 11.3. The van der Waals surface area contributed by atoms with Gasteiger partial charge in [-0.25, -0.2) is 0 Å². The Hall–Kier alpha value is -6.18. The Labute approximate surface area is 304 Å². The third kappa shape index (κ3) is 4.11. The van der Waals surface area contributed by atoms with Gasteiger partial charge in [0.1, 0.15) is 0 Å². The molecule has 2 heteroatoms. The Morgan fingerprint density at radius 3 is 1.56 bits per heavy atom.